The van der Waals surface area contributed by atoms with Crippen LogP contribution in [0.15, 0.2) is 48.5 Å². The zero-order valence-electron chi connectivity index (χ0n) is 22.0. The van der Waals surface area contributed by atoms with Gasteiger partial charge in [-0.2, -0.15) is 0 Å². The first-order chi connectivity index (χ1) is 18.2. The molecule has 5 aliphatic rings. The average molecular weight is 521 g/mol. The number of ether oxygens (including phenoxy) is 6. The van der Waals surface area contributed by atoms with Crippen LogP contribution in [-0.2, 0) is 50.9 Å². The Morgan fingerprint density at radius 1 is 0.684 bits per heavy atom. The Morgan fingerprint density at radius 3 is 1.47 bits per heavy atom. The van der Waals surface area contributed by atoms with Crippen LogP contribution >= 0.6 is 0 Å². The second-order valence-corrected chi connectivity index (χ2v) is 11.5. The van der Waals surface area contributed by atoms with E-state index in [9.17, 15) is 9.59 Å². The van der Waals surface area contributed by atoms with Gasteiger partial charge in [-0.15, -0.1) is 0 Å². The first kappa shape index (κ1) is 24.3. The predicted molar refractivity (Wildman–Crippen MR) is 133 cm³/mol. The molecule has 0 bridgehead atoms. The van der Waals surface area contributed by atoms with Crippen molar-refractivity contribution in [3.8, 4) is 0 Å². The normalized spacial score (nSPS) is 42.7. The summed E-state index contributed by atoms with van der Waals surface area (Å²) in [5.74, 6) is -3.65. The van der Waals surface area contributed by atoms with Crippen LogP contribution in [0.3, 0.4) is 0 Å². The summed E-state index contributed by atoms with van der Waals surface area (Å²) in [4.78, 5) is 28.6. The first-order valence-corrected chi connectivity index (χ1v) is 13.2. The van der Waals surface area contributed by atoms with Crippen LogP contribution < -0.4 is 0 Å². The molecular formula is C30H32O8. The summed E-state index contributed by atoms with van der Waals surface area (Å²) in [5.41, 5.74) is 2.30. The maximum Gasteiger partial charge on any atom is 0.314 e. The average Bonchev–Trinajstić information content (AvgIpc) is 3.39. The van der Waals surface area contributed by atoms with E-state index in [1.165, 1.54) is 14.2 Å². The Bertz CT molecular complexity index is 1240. The predicted octanol–water partition coefficient (Wildman–Crippen LogP) is 3.26. The second kappa shape index (κ2) is 7.88. The monoisotopic (exact) mass is 520 g/mol. The van der Waals surface area contributed by atoms with Gasteiger partial charge in [-0.1, -0.05) is 48.5 Å². The van der Waals surface area contributed by atoms with Crippen molar-refractivity contribution in [2.24, 2.45) is 10.8 Å². The van der Waals surface area contributed by atoms with Crippen LogP contribution in [0.2, 0.25) is 0 Å². The molecule has 0 aromatic heterocycles. The summed E-state index contributed by atoms with van der Waals surface area (Å²) in [7, 11) is 3.00. The number of methoxy groups -OCH3 is 2. The van der Waals surface area contributed by atoms with Gasteiger partial charge >= 0.3 is 11.9 Å². The fourth-order valence-corrected chi connectivity index (χ4v) is 8.08. The van der Waals surface area contributed by atoms with Crippen molar-refractivity contribution < 1.29 is 38.0 Å². The Hall–Kier alpha value is -2.78. The summed E-state index contributed by atoms with van der Waals surface area (Å²) in [6, 6.07) is 16.2. The molecule has 2 saturated heterocycles. The lowest BCUT2D eigenvalue weighted by molar-refractivity contribution is -0.451. The minimum atomic E-state index is -1.27. The van der Waals surface area contributed by atoms with Crippen LogP contribution in [0.4, 0.5) is 0 Å². The Morgan fingerprint density at radius 2 is 1.08 bits per heavy atom. The molecule has 1 saturated carbocycles. The second-order valence-electron chi connectivity index (χ2n) is 11.5. The highest BCUT2D eigenvalue weighted by molar-refractivity contribution is 5.97. The van der Waals surface area contributed by atoms with Gasteiger partial charge in [0.25, 0.3) is 0 Å². The van der Waals surface area contributed by atoms with Crippen molar-refractivity contribution >= 4 is 11.9 Å². The molecule has 2 heterocycles. The van der Waals surface area contributed by atoms with Crippen LogP contribution in [0.5, 0.6) is 0 Å². The van der Waals surface area contributed by atoms with E-state index in [2.05, 4.69) is 24.3 Å². The number of cyclic esters (lactones) is 2. The zero-order valence-corrected chi connectivity index (χ0v) is 22.0. The van der Waals surface area contributed by atoms with Gasteiger partial charge in [-0.3, -0.25) is 9.59 Å². The van der Waals surface area contributed by atoms with Gasteiger partial charge in [0.1, 0.15) is 25.4 Å². The van der Waals surface area contributed by atoms with Gasteiger partial charge in [-0.25, -0.2) is 0 Å². The smallest absolute Gasteiger partial charge is 0.314 e. The molecule has 8 nitrogen and oxygen atoms in total. The first-order valence-electron chi connectivity index (χ1n) is 13.2. The van der Waals surface area contributed by atoms with E-state index < -0.39 is 34.6 Å². The number of hydrogen-bond acceptors (Lipinski definition) is 8. The van der Waals surface area contributed by atoms with Crippen molar-refractivity contribution in [1.29, 1.82) is 0 Å². The lowest BCUT2D eigenvalue weighted by Crippen LogP contribution is -2.70. The number of fused-ring (bicyclic) bond motifs is 6. The topological polar surface area (TPSA) is 89.5 Å². The highest BCUT2D eigenvalue weighted by Gasteiger charge is 2.84. The van der Waals surface area contributed by atoms with Crippen molar-refractivity contribution in [2.45, 2.75) is 62.3 Å². The molecule has 2 aromatic rings. The maximum atomic E-state index is 14.3. The summed E-state index contributed by atoms with van der Waals surface area (Å²) >= 11 is 0. The largest absolute Gasteiger partial charge is 0.462 e. The SMILES string of the molecule is CO[C@]1(C)O[C@H]2COC(=O)[C@@]34Cc5ccccc5[C@@H]3[C@@H]3c5ccccc5C[C@@]34C(=O)OC[C@@H]2O[C@@]1(C)OC. The molecule has 38 heavy (non-hydrogen) atoms. The van der Waals surface area contributed by atoms with Gasteiger partial charge in [0.2, 0.25) is 11.6 Å². The van der Waals surface area contributed by atoms with E-state index in [4.69, 9.17) is 28.4 Å². The van der Waals surface area contributed by atoms with Gasteiger partial charge in [0.05, 0.1) is 10.8 Å². The minimum absolute atomic E-state index is 0.0572. The molecule has 8 heteroatoms. The molecule has 8 atom stereocenters. The summed E-state index contributed by atoms with van der Waals surface area (Å²) in [6.45, 7) is 3.31. The number of carbonyl (C=O) groups excluding carboxylic acids is 2. The van der Waals surface area contributed by atoms with E-state index in [-0.39, 0.29) is 37.0 Å². The van der Waals surface area contributed by atoms with Crippen molar-refractivity contribution in [3.63, 3.8) is 0 Å². The van der Waals surface area contributed by atoms with E-state index in [1.54, 1.807) is 13.8 Å². The number of carbonyl (C=O) groups is 2. The minimum Gasteiger partial charge on any atom is -0.462 e. The van der Waals surface area contributed by atoms with Gasteiger partial charge in [-0.05, 0) is 48.9 Å². The summed E-state index contributed by atoms with van der Waals surface area (Å²) in [6.07, 6.45) is -0.557. The third-order valence-electron chi connectivity index (χ3n) is 10.2. The Labute approximate surface area is 221 Å². The molecule has 3 aliphatic carbocycles. The van der Waals surface area contributed by atoms with E-state index in [1.807, 2.05) is 24.3 Å². The molecule has 0 N–H and O–H groups in total. The lowest BCUT2D eigenvalue weighted by atomic mass is 9.38. The molecule has 0 radical (unpaired) electrons. The number of esters is 2. The molecule has 7 rings (SSSR count). The van der Waals surface area contributed by atoms with Crippen molar-refractivity contribution in [3.05, 3.63) is 70.8 Å². The van der Waals surface area contributed by atoms with Crippen molar-refractivity contribution in [1.82, 2.24) is 0 Å². The highest BCUT2D eigenvalue weighted by Crippen LogP contribution is 2.81. The molecule has 0 unspecified atom stereocenters. The van der Waals surface area contributed by atoms with Crippen LogP contribution in [0.1, 0.15) is 47.9 Å². The quantitative estimate of drug-likeness (QED) is 0.558. The molecule has 200 valence electrons. The molecule has 0 amide bonds. The van der Waals surface area contributed by atoms with Crippen LogP contribution in [0.25, 0.3) is 0 Å². The van der Waals surface area contributed by atoms with Gasteiger partial charge < -0.3 is 28.4 Å². The van der Waals surface area contributed by atoms with Crippen molar-refractivity contribution in [2.75, 3.05) is 27.4 Å². The van der Waals surface area contributed by atoms with E-state index >= 15 is 0 Å². The maximum absolute atomic E-state index is 14.3. The van der Waals surface area contributed by atoms with Crippen LogP contribution in [-0.4, -0.2) is 63.2 Å². The fraction of sp³-hybridized carbons (Fsp3) is 0.533. The lowest BCUT2D eigenvalue weighted by Gasteiger charge is -2.61. The molecule has 2 aliphatic heterocycles. The molecule has 2 spiro atoms. The molecule has 2 aromatic carbocycles. The molecular weight excluding hydrogens is 488 g/mol. The van der Waals surface area contributed by atoms with Gasteiger partial charge in [0, 0.05) is 26.1 Å². The zero-order chi connectivity index (χ0) is 26.5. The standard InChI is InChI=1S/C30H32O8/c1-27(33-3)28(2,34-4)38-22-16-36-26(32)30-14-18-10-6-8-12-20(18)24(30)23-19-11-7-5-9-17(19)13-29(23,30)25(31)35-15-21(22)37-27/h5-12,21-24H,13-16H2,1-4H3/t21-,22-,23-,24+,27+,28+,29-,30+/m0/s1. The highest BCUT2D eigenvalue weighted by atomic mass is 16.8. The van der Waals surface area contributed by atoms with Gasteiger partial charge in [0.15, 0.2) is 0 Å². The Balaban J connectivity index is 1.32. The third-order valence-corrected chi connectivity index (χ3v) is 10.2. The summed E-state index contributed by atoms with van der Waals surface area (Å²) in [5, 5.41) is 0. The fourth-order valence-electron chi connectivity index (χ4n) is 8.08. The van der Waals surface area contributed by atoms with E-state index in [0.29, 0.717) is 12.8 Å². The molecule has 3 fully saturated rings. The third kappa shape index (κ3) is 2.69. The van der Waals surface area contributed by atoms with E-state index in [0.717, 1.165) is 22.3 Å². The number of benzene rings is 2. The summed E-state index contributed by atoms with van der Waals surface area (Å²) < 4.78 is 36.1. The number of hydrogen-bond donors (Lipinski definition) is 0. The number of rotatable bonds is 2. The Kier molecular flexibility index (Phi) is 5.03. The van der Waals surface area contributed by atoms with Crippen LogP contribution in [0, 0.1) is 10.8 Å².